The van der Waals surface area contributed by atoms with Crippen molar-refractivity contribution >= 4 is 16.9 Å². The van der Waals surface area contributed by atoms with Gasteiger partial charge in [0.25, 0.3) is 0 Å². The van der Waals surface area contributed by atoms with Gasteiger partial charge in [-0.25, -0.2) is 0 Å². The molecule has 68 valence electrons. The average molecular weight is 186 g/mol. The van der Waals surface area contributed by atoms with Crippen LogP contribution in [0, 0.1) is 0 Å². The summed E-state index contributed by atoms with van der Waals surface area (Å²) in [4.78, 5) is 11.4. The van der Waals surface area contributed by atoms with Crippen LogP contribution in [0.4, 0.5) is 0 Å². The molecule has 0 bridgehead atoms. The minimum absolute atomic E-state index is 0.104. The van der Waals surface area contributed by atoms with Crippen molar-refractivity contribution in [2.75, 3.05) is 5.75 Å². The lowest BCUT2D eigenvalue weighted by Crippen LogP contribution is -2.40. The van der Waals surface area contributed by atoms with Crippen LogP contribution < -0.4 is 0 Å². The fraction of sp³-hybridized carbons (Fsp3) is 0.667. The van der Waals surface area contributed by atoms with Crippen LogP contribution in [0.2, 0.25) is 0 Å². The van der Waals surface area contributed by atoms with Gasteiger partial charge in [-0.1, -0.05) is 24.3 Å². The number of thioether (sulfide) groups is 1. The minimum atomic E-state index is -1.19. The Bertz CT molecular complexity index is 245. The monoisotopic (exact) mass is 186 g/mol. The van der Waals surface area contributed by atoms with Crippen molar-refractivity contribution in [3.63, 3.8) is 0 Å². The van der Waals surface area contributed by atoms with Crippen LogP contribution in [0.3, 0.4) is 0 Å². The number of carbonyl (C=O) groups excluding carboxylic acids is 1. The Morgan fingerprint density at radius 1 is 1.58 bits per heavy atom. The highest BCUT2D eigenvalue weighted by molar-refractivity contribution is 8.14. The normalized spacial score (nSPS) is 31.2. The van der Waals surface area contributed by atoms with Crippen LogP contribution in [0.1, 0.15) is 27.2 Å². The van der Waals surface area contributed by atoms with E-state index >= 15 is 0 Å². The molecule has 0 saturated heterocycles. The summed E-state index contributed by atoms with van der Waals surface area (Å²) in [5, 5.41) is 9.86. The summed E-state index contributed by atoms with van der Waals surface area (Å²) in [6.07, 6.45) is 0.474. The van der Waals surface area contributed by atoms with Crippen molar-refractivity contribution in [2.24, 2.45) is 0 Å². The van der Waals surface area contributed by atoms with E-state index in [1.54, 1.807) is 0 Å². The van der Waals surface area contributed by atoms with Crippen LogP contribution in [-0.2, 0) is 4.79 Å². The zero-order chi connectivity index (χ0) is 9.35. The summed E-state index contributed by atoms with van der Waals surface area (Å²) >= 11 is 1.21. The molecule has 1 heterocycles. The zero-order valence-corrected chi connectivity index (χ0v) is 8.49. The summed E-state index contributed by atoms with van der Waals surface area (Å²) in [5.74, 6) is 0.729. The van der Waals surface area contributed by atoms with Crippen LogP contribution in [-0.4, -0.2) is 21.6 Å². The molecule has 0 saturated carbocycles. The third-order valence-electron chi connectivity index (χ3n) is 2.53. The lowest BCUT2D eigenvalue weighted by Gasteiger charge is -2.31. The fourth-order valence-electron chi connectivity index (χ4n) is 1.32. The van der Waals surface area contributed by atoms with Gasteiger partial charge < -0.3 is 5.11 Å². The zero-order valence-electron chi connectivity index (χ0n) is 7.68. The topological polar surface area (TPSA) is 37.3 Å². The fourth-order valence-corrected chi connectivity index (χ4v) is 2.42. The van der Waals surface area contributed by atoms with Crippen molar-refractivity contribution in [2.45, 2.75) is 32.8 Å². The first-order valence-electron chi connectivity index (χ1n) is 4.08. The molecule has 0 spiro atoms. The van der Waals surface area contributed by atoms with Crippen LogP contribution in [0.5, 0.6) is 0 Å². The summed E-state index contributed by atoms with van der Waals surface area (Å²) < 4.78 is 0. The second-order valence-corrected chi connectivity index (χ2v) is 4.14. The van der Waals surface area contributed by atoms with Crippen LogP contribution in [0.15, 0.2) is 11.1 Å². The molecular formula is C9H14O2S. The standard InChI is InChI=1S/C9H14O2S/c1-4-9(11)7(3)6(2)5-12-8(9)10/h11H,4-5H2,1-3H3/t9-/m1/s1. The van der Waals surface area contributed by atoms with E-state index in [0.717, 1.165) is 16.9 Å². The molecule has 0 aromatic heterocycles. The first-order valence-corrected chi connectivity index (χ1v) is 5.07. The molecule has 0 aromatic carbocycles. The molecule has 0 aliphatic carbocycles. The Labute approximate surface area is 77.0 Å². The molecule has 0 radical (unpaired) electrons. The average Bonchev–Trinajstić information content (AvgIpc) is 2.08. The van der Waals surface area contributed by atoms with Gasteiger partial charge in [0.15, 0.2) is 5.60 Å². The molecule has 0 unspecified atom stereocenters. The molecule has 1 aliphatic heterocycles. The second kappa shape index (κ2) is 3.23. The van der Waals surface area contributed by atoms with Gasteiger partial charge in [0.2, 0.25) is 5.12 Å². The van der Waals surface area contributed by atoms with Crippen LogP contribution in [0.25, 0.3) is 0 Å². The maximum Gasteiger partial charge on any atom is 0.225 e. The SMILES string of the molecule is CC[C@]1(O)C(=O)SCC(C)=C1C. The van der Waals surface area contributed by atoms with E-state index in [1.807, 2.05) is 20.8 Å². The number of rotatable bonds is 1. The molecule has 0 aromatic rings. The molecule has 12 heavy (non-hydrogen) atoms. The van der Waals surface area contributed by atoms with Crippen molar-refractivity contribution < 1.29 is 9.90 Å². The maximum atomic E-state index is 11.4. The summed E-state index contributed by atoms with van der Waals surface area (Å²) in [6, 6.07) is 0. The summed E-state index contributed by atoms with van der Waals surface area (Å²) in [7, 11) is 0. The highest BCUT2D eigenvalue weighted by Gasteiger charge is 2.39. The van der Waals surface area contributed by atoms with E-state index < -0.39 is 5.60 Å². The quantitative estimate of drug-likeness (QED) is 0.634. The van der Waals surface area contributed by atoms with Crippen LogP contribution >= 0.6 is 11.8 Å². The van der Waals surface area contributed by atoms with Gasteiger partial charge in [-0.15, -0.1) is 0 Å². The molecule has 2 nitrogen and oxygen atoms in total. The van der Waals surface area contributed by atoms with Gasteiger partial charge in [0, 0.05) is 5.75 Å². The lowest BCUT2D eigenvalue weighted by atomic mass is 9.90. The molecule has 3 heteroatoms. The Hall–Kier alpha value is -0.280. The summed E-state index contributed by atoms with van der Waals surface area (Å²) in [6.45, 7) is 5.65. The Kier molecular flexibility index (Phi) is 2.64. The third kappa shape index (κ3) is 1.31. The van der Waals surface area contributed by atoms with Gasteiger partial charge in [-0.3, -0.25) is 4.79 Å². The predicted octanol–water partition coefficient (Wildman–Crippen LogP) is 1.74. The van der Waals surface area contributed by atoms with Gasteiger partial charge in [-0.05, 0) is 25.8 Å². The molecule has 1 aliphatic rings. The van der Waals surface area contributed by atoms with Crippen molar-refractivity contribution in [3.05, 3.63) is 11.1 Å². The maximum absolute atomic E-state index is 11.4. The van der Waals surface area contributed by atoms with E-state index in [-0.39, 0.29) is 5.12 Å². The van der Waals surface area contributed by atoms with Crippen molar-refractivity contribution in [1.82, 2.24) is 0 Å². The van der Waals surface area contributed by atoms with Crippen molar-refractivity contribution in [3.8, 4) is 0 Å². The lowest BCUT2D eigenvalue weighted by molar-refractivity contribution is -0.124. The molecule has 0 fully saturated rings. The molecule has 1 N–H and O–H groups in total. The molecule has 0 amide bonds. The third-order valence-corrected chi connectivity index (χ3v) is 3.71. The first kappa shape index (κ1) is 9.81. The Balaban J connectivity index is 3.10. The number of hydrogen-bond acceptors (Lipinski definition) is 3. The largest absolute Gasteiger partial charge is 0.377 e. The Morgan fingerprint density at radius 3 is 2.58 bits per heavy atom. The van der Waals surface area contributed by atoms with Crippen molar-refractivity contribution in [1.29, 1.82) is 0 Å². The minimum Gasteiger partial charge on any atom is -0.377 e. The smallest absolute Gasteiger partial charge is 0.225 e. The number of aliphatic hydroxyl groups is 1. The first-order chi connectivity index (χ1) is 5.52. The molecular weight excluding hydrogens is 172 g/mol. The highest BCUT2D eigenvalue weighted by Crippen LogP contribution is 2.35. The van der Waals surface area contributed by atoms with E-state index in [4.69, 9.17) is 0 Å². The second-order valence-electron chi connectivity index (χ2n) is 3.20. The summed E-state index contributed by atoms with van der Waals surface area (Å²) in [5.41, 5.74) is 0.783. The molecule has 1 rings (SSSR count). The van der Waals surface area contributed by atoms with Gasteiger partial charge >= 0.3 is 0 Å². The van der Waals surface area contributed by atoms with E-state index in [2.05, 4.69) is 0 Å². The Morgan fingerprint density at radius 2 is 2.17 bits per heavy atom. The molecule has 1 atom stereocenters. The van der Waals surface area contributed by atoms with E-state index in [0.29, 0.717) is 6.42 Å². The number of carbonyl (C=O) groups is 1. The van der Waals surface area contributed by atoms with Gasteiger partial charge in [-0.2, -0.15) is 0 Å². The van der Waals surface area contributed by atoms with E-state index in [9.17, 15) is 9.90 Å². The van der Waals surface area contributed by atoms with Gasteiger partial charge in [0.05, 0.1) is 0 Å². The predicted molar refractivity (Wildman–Crippen MR) is 51.1 cm³/mol. The van der Waals surface area contributed by atoms with E-state index in [1.165, 1.54) is 11.8 Å². The van der Waals surface area contributed by atoms with Gasteiger partial charge in [0.1, 0.15) is 0 Å². The highest BCUT2D eigenvalue weighted by atomic mass is 32.2. The number of hydrogen-bond donors (Lipinski definition) is 1.